The van der Waals surface area contributed by atoms with Gasteiger partial charge in [0, 0.05) is 31.7 Å². The summed E-state index contributed by atoms with van der Waals surface area (Å²) in [7, 11) is 3.97. The van der Waals surface area contributed by atoms with Crippen LogP contribution in [0, 0.1) is 0 Å². The molecule has 1 atom stereocenters. The van der Waals surface area contributed by atoms with Crippen LogP contribution in [0.4, 0.5) is 0 Å². The molecule has 0 spiro atoms. The summed E-state index contributed by atoms with van der Waals surface area (Å²) >= 11 is 0. The predicted octanol–water partition coefficient (Wildman–Crippen LogP) is 1.58. The van der Waals surface area contributed by atoms with Gasteiger partial charge in [0.25, 0.3) is 0 Å². The molecule has 0 bridgehead atoms. The molecule has 0 aromatic carbocycles. The Hall–Kier alpha value is -1.68. The van der Waals surface area contributed by atoms with Crippen LogP contribution < -0.4 is 5.32 Å². The van der Waals surface area contributed by atoms with Gasteiger partial charge in [-0.2, -0.15) is 5.10 Å². The van der Waals surface area contributed by atoms with Gasteiger partial charge in [-0.25, -0.2) is 0 Å². The third-order valence-corrected chi connectivity index (χ3v) is 3.18. The average molecular weight is 244 g/mol. The normalized spacial score (nSPS) is 12.6. The second-order valence-electron chi connectivity index (χ2n) is 4.61. The molecule has 4 nitrogen and oxygen atoms in total. The van der Waals surface area contributed by atoms with E-state index in [0.717, 1.165) is 19.3 Å². The van der Waals surface area contributed by atoms with E-state index in [2.05, 4.69) is 33.7 Å². The number of likely N-dealkylation sites (N-methyl/N-ethyl adjacent to an activating group) is 1. The summed E-state index contributed by atoms with van der Waals surface area (Å²) in [5.41, 5.74) is 2.63. The molecule has 0 radical (unpaired) electrons. The summed E-state index contributed by atoms with van der Waals surface area (Å²) in [6, 6.07) is 4.65. The molecular formula is C14H20N4. The lowest BCUT2D eigenvalue weighted by Gasteiger charge is -2.15. The average Bonchev–Trinajstić information content (AvgIpc) is 2.81. The van der Waals surface area contributed by atoms with Gasteiger partial charge in [0.15, 0.2) is 0 Å². The molecular weight excluding hydrogens is 224 g/mol. The number of hydrogen-bond donors (Lipinski definition) is 1. The lowest BCUT2D eigenvalue weighted by atomic mass is 10.0. The van der Waals surface area contributed by atoms with Gasteiger partial charge in [0.05, 0.1) is 6.20 Å². The van der Waals surface area contributed by atoms with E-state index in [1.54, 1.807) is 0 Å². The van der Waals surface area contributed by atoms with Crippen molar-refractivity contribution in [1.29, 1.82) is 0 Å². The lowest BCUT2D eigenvalue weighted by molar-refractivity contribution is 0.520. The zero-order valence-electron chi connectivity index (χ0n) is 11.0. The Morgan fingerprint density at radius 1 is 1.28 bits per heavy atom. The van der Waals surface area contributed by atoms with Gasteiger partial charge < -0.3 is 5.32 Å². The Morgan fingerprint density at radius 2 is 2.06 bits per heavy atom. The van der Waals surface area contributed by atoms with E-state index in [1.807, 2.05) is 37.4 Å². The first kappa shape index (κ1) is 12.8. The highest BCUT2D eigenvalue weighted by atomic mass is 15.2. The van der Waals surface area contributed by atoms with E-state index in [4.69, 9.17) is 0 Å². The molecule has 1 N–H and O–H groups in total. The highest BCUT2D eigenvalue weighted by molar-refractivity contribution is 5.11. The van der Waals surface area contributed by atoms with E-state index in [0.29, 0.717) is 6.04 Å². The summed E-state index contributed by atoms with van der Waals surface area (Å²) in [5, 5.41) is 7.58. The van der Waals surface area contributed by atoms with E-state index in [9.17, 15) is 0 Å². The van der Waals surface area contributed by atoms with Crippen molar-refractivity contribution in [3.63, 3.8) is 0 Å². The predicted molar refractivity (Wildman–Crippen MR) is 72.3 cm³/mol. The van der Waals surface area contributed by atoms with Crippen LogP contribution in [0.3, 0.4) is 0 Å². The Bertz CT molecular complexity index is 464. The van der Waals surface area contributed by atoms with Crippen molar-refractivity contribution < 1.29 is 0 Å². The fourth-order valence-corrected chi connectivity index (χ4v) is 2.10. The van der Waals surface area contributed by atoms with Crippen molar-refractivity contribution in [2.45, 2.75) is 25.3 Å². The number of hydrogen-bond acceptors (Lipinski definition) is 3. The van der Waals surface area contributed by atoms with Crippen LogP contribution in [0.15, 0.2) is 36.9 Å². The minimum Gasteiger partial charge on any atom is -0.317 e. The van der Waals surface area contributed by atoms with Gasteiger partial charge >= 0.3 is 0 Å². The molecule has 0 aliphatic carbocycles. The topological polar surface area (TPSA) is 42.7 Å². The molecule has 0 amide bonds. The quantitative estimate of drug-likeness (QED) is 0.839. The maximum absolute atomic E-state index is 4.20. The van der Waals surface area contributed by atoms with Gasteiger partial charge in [0.1, 0.15) is 0 Å². The van der Waals surface area contributed by atoms with Crippen LogP contribution in [0.5, 0.6) is 0 Å². The maximum atomic E-state index is 4.20. The Morgan fingerprint density at radius 3 is 2.67 bits per heavy atom. The number of aryl methyl sites for hydroxylation is 2. The second kappa shape index (κ2) is 6.31. The third kappa shape index (κ3) is 3.67. The summed E-state index contributed by atoms with van der Waals surface area (Å²) in [6.45, 7) is 0. The first-order valence-electron chi connectivity index (χ1n) is 6.31. The Labute approximate surface area is 108 Å². The highest BCUT2D eigenvalue weighted by Gasteiger charge is 2.08. The number of nitrogens with zero attached hydrogens (tertiary/aromatic N) is 3. The van der Waals surface area contributed by atoms with Crippen molar-refractivity contribution in [1.82, 2.24) is 20.1 Å². The van der Waals surface area contributed by atoms with E-state index < -0.39 is 0 Å². The number of rotatable bonds is 6. The molecule has 0 aliphatic heterocycles. The Balaban J connectivity index is 1.86. The van der Waals surface area contributed by atoms with Crippen LogP contribution >= 0.6 is 0 Å². The van der Waals surface area contributed by atoms with Crippen LogP contribution in [-0.4, -0.2) is 27.9 Å². The molecule has 0 saturated carbocycles. The molecule has 1 unspecified atom stereocenters. The highest BCUT2D eigenvalue weighted by Crippen LogP contribution is 2.08. The molecule has 0 aliphatic rings. The van der Waals surface area contributed by atoms with Crippen LogP contribution in [0.2, 0.25) is 0 Å². The van der Waals surface area contributed by atoms with Gasteiger partial charge in [-0.1, -0.05) is 0 Å². The van der Waals surface area contributed by atoms with Crippen LogP contribution in [0.1, 0.15) is 17.5 Å². The summed E-state index contributed by atoms with van der Waals surface area (Å²) in [5.74, 6) is 0. The molecule has 4 heteroatoms. The Kier molecular flexibility index (Phi) is 4.47. The van der Waals surface area contributed by atoms with E-state index in [-0.39, 0.29) is 0 Å². The van der Waals surface area contributed by atoms with Crippen LogP contribution in [0.25, 0.3) is 0 Å². The fourth-order valence-electron chi connectivity index (χ4n) is 2.10. The largest absolute Gasteiger partial charge is 0.317 e. The van der Waals surface area contributed by atoms with E-state index >= 15 is 0 Å². The van der Waals surface area contributed by atoms with Crippen molar-refractivity contribution in [3.8, 4) is 0 Å². The zero-order valence-corrected chi connectivity index (χ0v) is 11.0. The molecule has 96 valence electrons. The zero-order chi connectivity index (χ0) is 12.8. The molecule has 2 heterocycles. The maximum Gasteiger partial charge on any atom is 0.0522 e. The SMILES string of the molecule is CNC(CCc1ccncc1)Cc1cnn(C)c1. The summed E-state index contributed by atoms with van der Waals surface area (Å²) in [4.78, 5) is 4.04. The fraction of sp³-hybridized carbons (Fsp3) is 0.429. The molecule has 2 aromatic heterocycles. The minimum atomic E-state index is 0.488. The molecule has 0 saturated heterocycles. The molecule has 0 fully saturated rings. The van der Waals surface area contributed by atoms with Crippen molar-refractivity contribution in [3.05, 3.63) is 48.0 Å². The van der Waals surface area contributed by atoms with Gasteiger partial charge in [-0.05, 0) is 49.6 Å². The monoisotopic (exact) mass is 244 g/mol. The molecule has 2 aromatic rings. The minimum absolute atomic E-state index is 0.488. The summed E-state index contributed by atoms with van der Waals surface area (Å²) < 4.78 is 1.85. The van der Waals surface area contributed by atoms with Gasteiger partial charge in [-0.3, -0.25) is 9.67 Å². The van der Waals surface area contributed by atoms with Crippen LogP contribution in [-0.2, 0) is 19.9 Å². The van der Waals surface area contributed by atoms with E-state index in [1.165, 1.54) is 11.1 Å². The third-order valence-electron chi connectivity index (χ3n) is 3.18. The van der Waals surface area contributed by atoms with Crippen molar-refractivity contribution >= 4 is 0 Å². The van der Waals surface area contributed by atoms with Crippen molar-refractivity contribution in [2.24, 2.45) is 7.05 Å². The second-order valence-corrected chi connectivity index (χ2v) is 4.61. The smallest absolute Gasteiger partial charge is 0.0522 e. The lowest BCUT2D eigenvalue weighted by Crippen LogP contribution is -2.28. The van der Waals surface area contributed by atoms with Gasteiger partial charge in [-0.15, -0.1) is 0 Å². The molecule has 18 heavy (non-hydrogen) atoms. The number of pyridine rings is 1. The first-order chi connectivity index (χ1) is 8.78. The number of aromatic nitrogens is 3. The molecule has 2 rings (SSSR count). The number of nitrogens with one attached hydrogen (secondary N) is 1. The first-order valence-corrected chi connectivity index (χ1v) is 6.31. The standard InChI is InChI=1S/C14H20N4/c1-15-14(9-13-10-17-18(2)11-13)4-3-12-5-7-16-8-6-12/h5-8,10-11,14-15H,3-4,9H2,1-2H3. The van der Waals surface area contributed by atoms with Crippen molar-refractivity contribution in [2.75, 3.05) is 7.05 Å². The van der Waals surface area contributed by atoms with Gasteiger partial charge in [0.2, 0.25) is 0 Å². The summed E-state index contributed by atoms with van der Waals surface area (Å²) in [6.07, 6.45) is 10.9.